The Morgan fingerprint density at radius 3 is 3.00 bits per heavy atom. The van der Waals surface area contributed by atoms with Crippen LogP contribution >= 0.6 is 23.1 Å². The first-order valence-corrected chi connectivity index (χ1v) is 6.88. The van der Waals surface area contributed by atoms with E-state index < -0.39 is 0 Å². The van der Waals surface area contributed by atoms with E-state index in [1.165, 1.54) is 11.3 Å². The molecule has 0 unspecified atom stereocenters. The van der Waals surface area contributed by atoms with E-state index in [1.54, 1.807) is 36.2 Å². The number of hydrogen-bond donors (Lipinski definition) is 1. The molecule has 1 aromatic heterocycles. The van der Waals surface area contributed by atoms with Crippen LogP contribution in [0, 0.1) is 0 Å². The van der Waals surface area contributed by atoms with Crippen molar-refractivity contribution < 1.29 is 5.11 Å². The molecule has 0 aliphatic heterocycles. The van der Waals surface area contributed by atoms with E-state index in [1.807, 2.05) is 6.07 Å². The van der Waals surface area contributed by atoms with Crippen LogP contribution in [0.2, 0.25) is 0 Å². The highest BCUT2D eigenvalue weighted by Crippen LogP contribution is 2.27. The first-order valence-electron chi connectivity index (χ1n) is 5.08. The van der Waals surface area contributed by atoms with Gasteiger partial charge in [-0.1, -0.05) is 42.2 Å². The maximum Gasteiger partial charge on any atom is 0.232 e. The lowest BCUT2D eigenvalue weighted by Crippen LogP contribution is -1.80. The smallest absolute Gasteiger partial charge is 0.232 e. The highest BCUT2D eigenvalue weighted by Gasteiger charge is 2.02. The largest absolute Gasteiger partial charge is 0.507 e. The number of aliphatic imine (C=N–C) groups is 1. The molecule has 0 atom stereocenters. The summed E-state index contributed by atoms with van der Waals surface area (Å²) in [5.41, 5.74) is 0.674. The average Bonchev–Trinajstić information content (AvgIpc) is 2.76. The fourth-order valence-electron chi connectivity index (χ4n) is 1.16. The molecule has 2 rings (SSSR count). The SMILES string of the molecule is CCSc1nnc(/N=C/c2ccccc2O)s1. The minimum Gasteiger partial charge on any atom is -0.507 e. The van der Waals surface area contributed by atoms with E-state index in [2.05, 4.69) is 22.1 Å². The Labute approximate surface area is 107 Å². The van der Waals surface area contributed by atoms with Crippen molar-refractivity contribution in [1.29, 1.82) is 0 Å². The number of phenolic OH excluding ortho intramolecular Hbond substituents is 1. The predicted octanol–water partition coefficient (Wildman–Crippen LogP) is 3.11. The van der Waals surface area contributed by atoms with Crippen LogP contribution in [0.15, 0.2) is 33.6 Å². The Kier molecular flexibility index (Phi) is 4.11. The van der Waals surface area contributed by atoms with Gasteiger partial charge in [0.1, 0.15) is 5.75 Å². The van der Waals surface area contributed by atoms with Crippen molar-refractivity contribution in [3.05, 3.63) is 29.8 Å². The minimum absolute atomic E-state index is 0.212. The van der Waals surface area contributed by atoms with Crippen LogP contribution in [0.5, 0.6) is 5.75 Å². The summed E-state index contributed by atoms with van der Waals surface area (Å²) in [5, 5.41) is 18.1. The molecule has 0 saturated carbocycles. The Bertz CT molecular complexity index is 525. The van der Waals surface area contributed by atoms with E-state index in [-0.39, 0.29) is 5.75 Å². The van der Waals surface area contributed by atoms with Crippen molar-refractivity contribution in [2.45, 2.75) is 11.3 Å². The Hall–Kier alpha value is -1.40. The molecule has 0 radical (unpaired) electrons. The number of rotatable bonds is 4. The van der Waals surface area contributed by atoms with Gasteiger partial charge in [-0.25, -0.2) is 4.99 Å². The second-order valence-electron chi connectivity index (χ2n) is 3.10. The van der Waals surface area contributed by atoms with Crippen molar-refractivity contribution in [1.82, 2.24) is 10.2 Å². The number of aromatic hydroxyl groups is 1. The summed E-state index contributed by atoms with van der Waals surface area (Å²) in [6, 6.07) is 7.04. The fourth-order valence-corrected chi connectivity index (χ4v) is 2.74. The number of phenols is 1. The number of thioether (sulfide) groups is 1. The molecule has 0 spiro atoms. The van der Waals surface area contributed by atoms with E-state index in [0.29, 0.717) is 10.7 Å². The second kappa shape index (κ2) is 5.79. The molecule has 88 valence electrons. The number of aromatic nitrogens is 2. The molecule has 6 heteroatoms. The van der Waals surface area contributed by atoms with Gasteiger partial charge in [0, 0.05) is 11.8 Å². The van der Waals surface area contributed by atoms with E-state index >= 15 is 0 Å². The predicted molar refractivity (Wildman–Crippen MR) is 71.7 cm³/mol. The highest BCUT2D eigenvalue weighted by atomic mass is 32.2. The van der Waals surface area contributed by atoms with Crippen LogP contribution in [0.4, 0.5) is 5.13 Å². The second-order valence-corrected chi connectivity index (χ2v) is 5.57. The first kappa shape index (κ1) is 12.1. The monoisotopic (exact) mass is 265 g/mol. The summed E-state index contributed by atoms with van der Waals surface area (Å²) in [7, 11) is 0. The highest BCUT2D eigenvalue weighted by molar-refractivity contribution is 8.01. The Morgan fingerprint density at radius 2 is 2.24 bits per heavy atom. The molecule has 0 saturated heterocycles. The lowest BCUT2D eigenvalue weighted by atomic mass is 10.2. The third-order valence-corrected chi connectivity index (χ3v) is 3.76. The topological polar surface area (TPSA) is 58.4 Å². The molecule has 0 fully saturated rings. The van der Waals surface area contributed by atoms with Crippen molar-refractivity contribution >= 4 is 34.4 Å². The molecule has 17 heavy (non-hydrogen) atoms. The number of hydrogen-bond acceptors (Lipinski definition) is 6. The van der Waals surface area contributed by atoms with Crippen molar-refractivity contribution in [3.63, 3.8) is 0 Å². The lowest BCUT2D eigenvalue weighted by Gasteiger charge is -1.94. The minimum atomic E-state index is 0.212. The molecule has 0 aliphatic rings. The van der Waals surface area contributed by atoms with Crippen LogP contribution in [0.25, 0.3) is 0 Å². The zero-order valence-corrected chi connectivity index (χ0v) is 10.8. The third kappa shape index (κ3) is 3.28. The van der Waals surface area contributed by atoms with Gasteiger partial charge in [-0.05, 0) is 17.9 Å². The van der Waals surface area contributed by atoms with Gasteiger partial charge in [-0.2, -0.15) is 0 Å². The summed E-state index contributed by atoms with van der Waals surface area (Å²) in [6.07, 6.45) is 1.59. The zero-order valence-electron chi connectivity index (χ0n) is 9.20. The van der Waals surface area contributed by atoms with Gasteiger partial charge in [0.2, 0.25) is 5.13 Å². The molecule has 4 nitrogen and oxygen atoms in total. The molecule has 0 amide bonds. The number of benzene rings is 1. The standard InChI is InChI=1S/C11H11N3OS2/c1-2-16-11-14-13-10(17-11)12-7-8-5-3-4-6-9(8)15/h3-7,15H,2H2,1H3/b12-7+. The molecule has 0 aliphatic carbocycles. The molecular weight excluding hydrogens is 254 g/mol. The summed E-state index contributed by atoms with van der Waals surface area (Å²) in [6.45, 7) is 2.07. The Balaban J connectivity index is 2.12. The first-order chi connectivity index (χ1) is 8.29. The quantitative estimate of drug-likeness (QED) is 0.681. The van der Waals surface area contributed by atoms with Crippen LogP contribution in [-0.2, 0) is 0 Å². The van der Waals surface area contributed by atoms with E-state index in [9.17, 15) is 5.11 Å². The van der Waals surface area contributed by atoms with Gasteiger partial charge in [0.05, 0.1) is 0 Å². The summed E-state index contributed by atoms with van der Waals surface area (Å²) < 4.78 is 0.914. The third-order valence-electron chi connectivity index (χ3n) is 1.91. The molecule has 2 aromatic rings. The fraction of sp³-hybridized carbons (Fsp3) is 0.182. The molecule has 1 heterocycles. The van der Waals surface area contributed by atoms with Crippen LogP contribution in [0.1, 0.15) is 12.5 Å². The van der Waals surface area contributed by atoms with Crippen molar-refractivity contribution in [3.8, 4) is 5.75 Å². The normalized spacial score (nSPS) is 11.1. The van der Waals surface area contributed by atoms with Crippen LogP contribution in [0.3, 0.4) is 0 Å². The maximum atomic E-state index is 9.55. The summed E-state index contributed by atoms with van der Waals surface area (Å²) in [4.78, 5) is 4.19. The lowest BCUT2D eigenvalue weighted by molar-refractivity contribution is 0.474. The van der Waals surface area contributed by atoms with Crippen LogP contribution < -0.4 is 0 Å². The van der Waals surface area contributed by atoms with Gasteiger partial charge in [-0.3, -0.25) is 0 Å². The van der Waals surface area contributed by atoms with Crippen LogP contribution in [-0.4, -0.2) is 27.3 Å². The zero-order chi connectivity index (χ0) is 12.1. The van der Waals surface area contributed by atoms with E-state index in [4.69, 9.17) is 0 Å². The molecule has 1 N–H and O–H groups in total. The van der Waals surface area contributed by atoms with Crippen molar-refractivity contribution in [2.75, 3.05) is 5.75 Å². The van der Waals surface area contributed by atoms with E-state index in [0.717, 1.165) is 10.1 Å². The number of para-hydroxylation sites is 1. The summed E-state index contributed by atoms with van der Waals surface area (Å²) >= 11 is 3.09. The Morgan fingerprint density at radius 1 is 1.41 bits per heavy atom. The van der Waals surface area contributed by atoms with Crippen molar-refractivity contribution in [2.24, 2.45) is 4.99 Å². The van der Waals surface area contributed by atoms with Gasteiger partial charge in [0.15, 0.2) is 4.34 Å². The maximum absolute atomic E-state index is 9.55. The molecule has 1 aromatic carbocycles. The summed E-state index contributed by atoms with van der Waals surface area (Å²) in [5.74, 6) is 1.18. The van der Waals surface area contributed by atoms with Gasteiger partial charge < -0.3 is 5.11 Å². The average molecular weight is 265 g/mol. The van der Waals surface area contributed by atoms with Gasteiger partial charge in [0.25, 0.3) is 0 Å². The number of nitrogens with zero attached hydrogens (tertiary/aromatic N) is 3. The van der Waals surface area contributed by atoms with Gasteiger partial charge >= 0.3 is 0 Å². The van der Waals surface area contributed by atoms with Gasteiger partial charge in [-0.15, -0.1) is 10.2 Å². The molecular formula is C11H11N3OS2. The molecule has 0 bridgehead atoms.